The lowest BCUT2D eigenvalue weighted by atomic mass is 9.93. The molecule has 21 heavy (non-hydrogen) atoms. The molecule has 0 saturated heterocycles. The average molecular weight is 312 g/mol. The first kappa shape index (κ1) is 17.6. The molecule has 0 unspecified atom stereocenters. The maximum atomic E-state index is 13.3. The van der Waals surface area contributed by atoms with E-state index in [9.17, 15) is 12.8 Å². The van der Waals surface area contributed by atoms with Crippen LogP contribution in [0.5, 0.6) is 0 Å². The fraction of sp³-hybridized carbons (Fsp3) is 0.467. The van der Waals surface area contributed by atoms with Gasteiger partial charge in [-0.2, -0.15) is 0 Å². The largest absolute Gasteiger partial charge is 0.320 e. The van der Waals surface area contributed by atoms with Crippen LogP contribution in [0.4, 0.5) is 4.39 Å². The molecule has 116 valence electrons. The van der Waals surface area contributed by atoms with Gasteiger partial charge in [0.15, 0.2) is 0 Å². The molecule has 1 aromatic carbocycles. The molecule has 3 N–H and O–H groups in total. The number of benzene rings is 1. The van der Waals surface area contributed by atoms with E-state index in [1.165, 1.54) is 6.07 Å². The third-order valence-electron chi connectivity index (χ3n) is 2.72. The maximum absolute atomic E-state index is 13.3. The molecule has 1 aromatic rings. The summed E-state index contributed by atoms with van der Waals surface area (Å²) in [6.07, 6.45) is 0.692. The molecule has 0 radical (unpaired) electrons. The Morgan fingerprint density at radius 3 is 2.57 bits per heavy atom. The van der Waals surface area contributed by atoms with Gasteiger partial charge in [-0.25, -0.2) is 17.5 Å². The number of nitrogens with one attached hydrogen (secondary N) is 1. The highest BCUT2D eigenvalue weighted by molar-refractivity contribution is 7.89. The van der Waals surface area contributed by atoms with E-state index in [0.717, 1.165) is 12.1 Å². The van der Waals surface area contributed by atoms with Crippen LogP contribution in [-0.2, 0) is 10.0 Å². The van der Waals surface area contributed by atoms with Crippen LogP contribution < -0.4 is 10.5 Å². The SMILES string of the molecule is CC(C)(C)CCNS(=O)(=O)c1ccc(F)cc1C#CCN. The van der Waals surface area contributed by atoms with E-state index in [0.29, 0.717) is 13.0 Å². The number of nitrogens with two attached hydrogens (primary N) is 1. The zero-order chi connectivity index (χ0) is 16.1. The number of halogens is 1. The first-order chi connectivity index (χ1) is 9.65. The van der Waals surface area contributed by atoms with Crippen molar-refractivity contribution in [3.8, 4) is 11.8 Å². The fourth-order valence-electron chi connectivity index (χ4n) is 1.62. The van der Waals surface area contributed by atoms with E-state index in [1.54, 1.807) is 0 Å². The highest BCUT2D eigenvalue weighted by Crippen LogP contribution is 2.19. The van der Waals surface area contributed by atoms with Crippen LogP contribution in [0.25, 0.3) is 0 Å². The normalized spacial score (nSPS) is 11.9. The summed E-state index contributed by atoms with van der Waals surface area (Å²) in [7, 11) is -3.72. The fourth-order valence-corrected chi connectivity index (χ4v) is 2.79. The summed E-state index contributed by atoms with van der Waals surface area (Å²) in [6, 6.07) is 3.42. The second kappa shape index (κ2) is 7.03. The zero-order valence-corrected chi connectivity index (χ0v) is 13.3. The van der Waals surface area contributed by atoms with Crippen molar-refractivity contribution in [1.29, 1.82) is 0 Å². The lowest BCUT2D eigenvalue weighted by Gasteiger charge is -2.18. The van der Waals surface area contributed by atoms with Gasteiger partial charge < -0.3 is 5.73 Å². The molecule has 1 rings (SSSR count). The zero-order valence-electron chi connectivity index (χ0n) is 12.5. The quantitative estimate of drug-likeness (QED) is 0.834. The van der Waals surface area contributed by atoms with E-state index < -0.39 is 15.8 Å². The predicted octanol–water partition coefficient (Wildman–Crippen LogP) is 1.85. The predicted molar refractivity (Wildman–Crippen MR) is 81.6 cm³/mol. The molecule has 0 spiro atoms. The summed E-state index contributed by atoms with van der Waals surface area (Å²) in [5.41, 5.74) is 5.41. The smallest absolute Gasteiger partial charge is 0.241 e. The van der Waals surface area contributed by atoms with Crippen molar-refractivity contribution in [2.24, 2.45) is 11.1 Å². The van der Waals surface area contributed by atoms with Crippen molar-refractivity contribution >= 4 is 10.0 Å². The Kier molecular flexibility index (Phi) is 5.90. The third-order valence-corrected chi connectivity index (χ3v) is 4.24. The van der Waals surface area contributed by atoms with Gasteiger partial charge in [-0.15, -0.1) is 0 Å². The molecule has 0 saturated carbocycles. The Morgan fingerprint density at radius 2 is 2.00 bits per heavy atom. The summed E-state index contributed by atoms with van der Waals surface area (Å²) < 4.78 is 40.3. The van der Waals surface area contributed by atoms with E-state index in [2.05, 4.69) is 16.6 Å². The molecule has 0 heterocycles. The van der Waals surface area contributed by atoms with Crippen molar-refractivity contribution < 1.29 is 12.8 Å². The topological polar surface area (TPSA) is 72.2 Å². The van der Waals surface area contributed by atoms with Crippen LogP contribution in [-0.4, -0.2) is 21.5 Å². The standard InChI is InChI=1S/C15H21FN2O2S/c1-15(2,3)8-10-18-21(19,20)14-7-6-13(16)11-12(14)5-4-9-17/h6-7,11,18H,8-10,17H2,1-3H3. The highest BCUT2D eigenvalue weighted by atomic mass is 32.2. The molecule has 0 aliphatic carbocycles. The van der Waals surface area contributed by atoms with Crippen LogP contribution in [0.15, 0.2) is 23.1 Å². The van der Waals surface area contributed by atoms with Gasteiger partial charge in [0.25, 0.3) is 0 Å². The van der Waals surface area contributed by atoms with Crippen molar-refractivity contribution in [2.75, 3.05) is 13.1 Å². The van der Waals surface area contributed by atoms with Gasteiger partial charge in [0.1, 0.15) is 5.82 Å². The Hall–Kier alpha value is -1.42. The van der Waals surface area contributed by atoms with Gasteiger partial charge in [-0.1, -0.05) is 32.6 Å². The number of sulfonamides is 1. The molecular formula is C15H21FN2O2S. The molecule has 0 aliphatic rings. The maximum Gasteiger partial charge on any atom is 0.241 e. The molecular weight excluding hydrogens is 291 g/mol. The van der Waals surface area contributed by atoms with Crippen LogP contribution >= 0.6 is 0 Å². The monoisotopic (exact) mass is 312 g/mol. The van der Waals surface area contributed by atoms with Gasteiger partial charge in [-0.05, 0) is 30.0 Å². The number of hydrogen-bond acceptors (Lipinski definition) is 3. The van der Waals surface area contributed by atoms with E-state index in [-0.39, 0.29) is 22.4 Å². The van der Waals surface area contributed by atoms with Gasteiger partial charge in [0, 0.05) is 12.1 Å². The van der Waals surface area contributed by atoms with Gasteiger partial charge in [-0.3, -0.25) is 0 Å². The molecule has 0 aliphatic heterocycles. The minimum absolute atomic E-state index is 0.0213. The molecule has 4 nitrogen and oxygen atoms in total. The Labute approximate surface area is 126 Å². The van der Waals surface area contributed by atoms with Crippen molar-refractivity contribution in [3.05, 3.63) is 29.6 Å². The molecule has 6 heteroatoms. The van der Waals surface area contributed by atoms with Crippen LogP contribution in [0.3, 0.4) is 0 Å². The Bertz CT molecular complexity index is 652. The third kappa shape index (κ3) is 5.84. The van der Waals surface area contributed by atoms with Crippen molar-refractivity contribution in [1.82, 2.24) is 4.72 Å². The average Bonchev–Trinajstić information content (AvgIpc) is 2.34. The summed E-state index contributed by atoms with van der Waals surface area (Å²) in [5.74, 6) is 4.60. The van der Waals surface area contributed by atoms with Crippen molar-refractivity contribution in [2.45, 2.75) is 32.1 Å². The number of rotatable bonds is 4. The van der Waals surface area contributed by atoms with Gasteiger partial charge in [0.05, 0.1) is 11.4 Å². The van der Waals surface area contributed by atoms with E-state index in [1.807, 2.05) is 20.8 Å². The molecule has 0 amide bonds. The Balaban J connectivity index is 3.02. The first-order valence-corrected chi connectivity index (χ1v) is 8.12. The van der Waals surface area contributed by atoms with Crippen LogP contribution in [0.2, 0.25) is 0 Å². The van der Waals surface area contributed by atoms with Crippen LogP contribution in [0.1, 0.15) is 32.8 Å². The minimum Gasteiger partial charge on any atom is -0.320 e. The van der Waals surface area contributed by atoms with E-state index in [4.69, 9.17) is 5.73 Å². The van der Waals surface area contributed by atoms with Gasteiger partial charge in [0.2, 0.25) is 10.0 Å². The number of hydrogen-bond donors (Lipinski definition) is 2. The second-order valence-corrected chi connectivity index (χ2v) is 7.59. The highest BCUT2D eigenvalue weighted by Gasteiger charge is 2.19. The van der Waals surface area contributed by atoms with Gasteiger partial charge >= 0.3 is 0 Å². The molecule has 0 bridgehead atoms. The molecule has 0 atom stereocenters. The summed E-state index contributed by atoms with van der Waals surface area (Å²) >= 11 is 0. The Morgan fingerprint density at radius 1 is 1.33 bits per heavy atom. The first-order valence-electron chi connectivity index (χ1n) is 6.64. The lowest BCUT2D eigenvalue weighted by Crippen LogP contribution is -2.28. The molecule has 0 aromatic heterocycles. The van der Waals surface area contributed by atoms with Crippen molar-refractivity contribution in [3.63, 3.8) is 0 Å². The van der Waals surface area contributed by atoms with Crippen LogP contribution in [0, 0.1) is 23.1 Å². The summed E-state index contributed by atoms with van der Waals surface area (Å²) in [6.45, 7) is 6.46. The molecule has 0 fully saturated rings. The minimum atomic E-state index is -3.72. The second-order valence-electron chi connectivity index (χ2n) is 5.85. The lowest BCUT2D eigenvalue weighted by molar-refractivity contribution is 0.378. The summed E-state index contributed by atoms with van der Waals surface area (Å²) in [4.78, 5) is -0.0289. The summed E-state index contributed by atoms with van der Waals surface area (Å²) in [5, 5.41) is 0. The van der Waals surface area contributed by atoms with E-state index >= 15 is 0 Å².